The molecule has 0 aliphatic rings. The molecule has 0 fully saturated rings. The molecule has 1 atom stereocenters. The molecule has 0 aromatic heterocycles. The second-order valence-electron chi connectivity index (χ2n) is 5.60. The van der Waals surface area contributed by atoms with E-state index in [0.717, 1.165) is 12.1 Å². The van der Waals surface area contributed by atoms with Crippen LogP contribution in [0.4, 0.5) is 18.0 Å². The Morgan fingerprint density at radius 2 is 1.65 bits per heavy atom. The lowest BCUT2D eigenvalue weighted by Crippen LogP contribution is -2.40. The van der Waals surface area contributed by atoms with Crippen LogP contribution in [0, 0.1) is 0 Å². The average Bonchev–Trinajstić information content (AvgIpc) is 2.32. The van der Waals surface area contributed by atoms with Crippen molar-refractivity contribution < 1.29 is 32.2 Å². The first-order valence-electron chi connectivity index (χ1n) is 6.52. The summed E-state index contributed by atoms with van der Waals surface area (Å²) in [6.07, 6.45) is -5.70. The minimum atomic E-state index is -4.82. The van der Waals surface area contributed by atoms with E-state index in [-0.39, 0.29) is 5.56 Å². The van der Waals surface area contributed by atoms with Crippen LogP contribution < -0.4 is 15.8 Å². The number of hydrogen-bond acceptors (Lipinski definition) is 4. The van der Waals surface area contributed by atoms with E-state index in [1.807, 2.05) is 0 Å². The predicted octanol–water partition coefficient (Wildman–Crippen LogP) is 2.64. The van der Waals surface area contributed by atoms with Gasteiger partial charge in [-0.25, -0.2) is 4.79 Å². The first-order valence-corrected chi connectivity index (χ1v) is 6.52. The van der Waals surface area contributed by atoms with E-state index in [4.69, 9.17) is 10.5 Å². The summed E-state index contributed by atoms with van der Waals surface area (Å²) in [5.41, 5.74) is 4.61. The molecule has 1 aromatic carbocycles. The van der Waals surface area contributed by atoms with Crippen LogP contribution in [0.15, 0.2) is 24.3 Å². The number of nitrogens with one attached hydrogen (secondary N) is 1. The number of hydrogen-bond donors (Lipinski definition) is 2. The van der Waals surface area contributed by atoms with Gasteiger partial charge in [-0.2, -0.15) is 0 Å². The molecular weight excluding hydrogens is 317 g/mol. The van der Waals surface area contributed by atoms with Crippen molar-refractivity contribution >= 4 is 12.0 Å². The lowest BCUT2D eigenvalue weighted by atomic mass is 10.1. The molecule has 6 nitrogen and oxygen atoms in total. The highest BCUT2D eigenvalue weighted by Crippen LogP contribution is 2.24. The van der Waals surface area contributed by atoms with Crippen molar-refractivity contribution in [2.75, 3.05) is 0 Å². The van der Waals surface area contributed by atoms with E-state index >= 15 is 0 Å². The Kier molecular flexibility index (Phi) is 5.46. The standard InChI is InChI=1S/C14H17F3N2O4/c1-13(2,3)23-12(21)19-10(11(18)20)8-4-6-9(7-5-8)22-14(15,16)17/h4-7,10H,1-3H3,(H2,18,20)(H,19,21). The number of ether oxygens (including phenoxy) is 2. The molecular formula is C14H17F3N2O4. The molecule has 0 heterocycles. The Balaban J connectivity index is 2.86. The molecule has 0 spiro atoms. The summed E-state index contributed by atoms with van der Waals surface area (Å²) in [4.78, 5) is 23.1. The quantitative estimate of drug-likeness (QED) is 0.885. The largest absolute Gasteiger partial charge is 0.573 e. The molecule has 0 saturated carbocycles. The van der Waals surface area contributed by atoms with Crippen LogP contribution in [0.3, 0.4) is 0 Å². The molecule has 1 rings (SSSR count). The third kappa shape index (κ3) is 6.90. The summed E-state index contributed by atoms with van der Waals surface area (Å²) in [5.74, 6) is -1.35. The zero-order valence-electron chi connectivity index (χ0n) is 12.7. The summed E-state index contributed by atoms with van der Waals surface area (Å²) in [6, 6.07) is 3.15. The fourth-order valence-corrected chi connectivity index (χ4v) is 1.61. The van der Waals surface area contributed by atoms with Gasteiger partial charge in [-0.1, -0.05) is 12.1 Å². The van der Waals surface area contributed by atoms with Crippen LogP contribution in [0.25, 0.3) is 0 Å². The van der Waals surface area contributed by atoms with E-state index in [1.165, 1.54) is 12.1 Å². The van der Waals surface area contributed by atoms with Crippen molar-refractivity contribution in [1.29, 1.82) is 0 Å². The summed E-state index contributed by atoms with van der Waals surface area (Å²) < 4.78 is 45.0. The van der Waals surface area contributed by atoms with Gasteiger partial charge in [0, 0.05) is 0 Å². The van der Waals surface area contributed by atoms with E-state index in [9.17, 15) is 22.8 Å². The van der Waals surface area contributed by atoms with Gasteiger partial charge in [-0.3, -0.25) is 4.79 Å². The van der Waals surface area contributed by atoms with Crippen molar-refractivity contribution in [3.8, 4) is 5.75 Å². The number of carbonyl (C=O) groups is 2. The predicted molar refractivity (Wildman–Crippen MR) is 74.4 cm³/mol. The maximum absolute atomic E-state index is 12.1. The zero-order chi connectivity index (χ0) is 17.8. The zero-order valence-corrected chi connectivity index (χ0v) is 12.7. The number of rotatable bonds is 4. The summed E-state index contributed by atoms with van der Waals surface area (Å²) >= 11 is 0. The highest BCUT2D eigenvalue weighted by Gasteiger charge is 2.31. The normalized spacial score (nSPS) is 13.1. The second kappa shape index (κ2) is 6.76. The first-order chi connectivity index (χ1) is 10.4. The van der Waals surface area contributed by atoms with Crippen LogP contribution in [-0.2, 0) is 9.53 Å². The van der Waals surface area contributed by atoms with Gasteiger partial charge in [0.25, 0.3) is 0 Å². The number of amides is 2. The van der Waals surface area contributed by atoms with Crippen molar-refractivity contribution in [2.24, 2.45) is 5.73 Å². The molecule has 0 bridgehead atoms. The molecule has 0 radical (unpaired) electrons. The molecule has 0 aliphatic carbocycles. The monoisotopic (exact) mass is 334 g/mol. The van der Waals surface area contributed by atoms with Gasteiger partial charge in [0.15, 0.2) is 0 Å². The fraction of sp³-hybridized carbons (Fsp3) is 0.429. The van der Waals surface area contributed by atoms with Gasteiger partial charge in [-0.05, 0) is 38.5 Å². The van der Waals surface area contributed by atoms with Gasteiger partial charge in [0.2, 0.25) is 5.91 Å². The molecule has 9 heteroatoms. The van der Waals surface area contributed by atoms with Gasteiger partial charge in [0.05, 0.1) is 0 Å². The Labute approximate surface area is 130 Å². The Hall–Kier alpha value is -2.45. The van der Waals surface area contributed by atoms with E-state index < -0.39 is 35.8 Å². The van der Waals surface area contributed by atoms with Gasteiger partial charge < -0.3 is 20.5 Å². The number of primary amides is 1. The van der Waals surface area contributed by atoms with Gasteiger partial charge in [-0.15, -0.1) is 13.2 Å². The topological polar surface area (TPSA) is 90.6 Å². The van der Waals surface area contributed by atoms with E-state index in [1.54, 1.807) is 20.8 Å². The van der Waals surface area contributed by atoms with Crippen LogP contribution in [-0.4, -0.2) is 24.0 Å². The number of alkyl halides is 3. The molecule has 2 amide bonds. The van der Waals surface area contributed by atoms with Crippen LogP contribution in [0.1, 0.15) is 32.4 Å². The third-order valence-corrected chi connectivity index (χ3v) is 2.39. The van der Waals surface area contributed by atoms with Gasteiger partial charge >= 0.3 is 12.5 Å². The molecule has 1 unspecified atom stereocenters. The van der Waals surface area contributed by atoms with Crippen molar-refractivity contribution in [1.82, 2.24) is 5.32 Å². The highest BCUT2D eigenvalue weighted by molar-refractivity contribution is 5.85. The maximum atomic E-state index is 12.1. The van der Waals surface area contributed by atoms with Crippen molar-refractivity contribution in [2.45, 2.75) is 38.8 Å². The molecule has 3 N–H and O–H groups in total. The van der Waals surface area contributed by atoms with E-state index in [2.05, 4.69) is 10.1 Å². The molecule has 0 aliphatic heterocycles. The van der Waals surface area contributed by atoms with E-state index in [0.29, 0.717) is 0 Å². The molecule has 1 aromatic rings. The minimum Gasteiger partial charge on any atom is -0.444 e. The number of nitrogens with two attached hydrogens (primary N) is 1. The first kappa shape index (κ1) is 18.6. The number of carbonyl (C=O) groups excluding carboxylic acids is 2. The van der Waals surface area contributed by atoms with Crippen LogP contribution in [0.5, 0.6) is 5.75 Å². The highest BCUT2D eigenvalue weighted by atomic mass is 19.4. The Morgan fingerprint density at radius 1 is 1.13 bits per heavy atom. The minimum absolute atomic E-state index is 0.192. The lowest BCUT2D eigenvalue weighted by molar-refractivity contribution is -0.274. The lowest BCUT2D eigenvalue weighted by Gasteiger charge is -2.22. The fourth-order valence-electron chi connectivity index (χ4n) is 1.61. The number of halogens is 3. The van der Waals surface area contributed by atoms with Crippen molar-refractivity contribution in [3.05, 3.63) is 29.8 Å². The summed E-state index contributed by atoms with van der Waals surface area (Å²) in [6.45, 7) is 4.90. The average molecular weight is 334 g/mol. The number of benzene rings is 1. The van der Waals surface area contributed by atoms with Gasteiger partial charge in [0.1, 0.15) is 17.4 Å². The maximum Gasteiger partial charge on any atom is 0.573 e. The summed E-state index contributed by atoms with van der Waals surface area (Å²) in [7, 11) is 0. The Bertz CT molecular complexity index is 565. The molecule has 23 heavy (non-hydrogen) atoms. The number of alkyl carbamates (subject to hydrolysis) is 1. The Morgan fingerprint density at radius 3 is 2.04 bits per heavy atom. The molecule has 128 valence electrons. The third-order valence-electron chi connectivity index (χ3n) is 2.39. The SMILES string of the molecule is CC(C)(C)OC(=O)NC(C(N)=O)c1ccc(OC(F)(F)F)cc1. The summed E-state index contributed by atoms with van der Waals surface area (Å²) in [5, 5.41) is 2.26. The second-order valence-corrected chi connectivity index (χ2v) is 5.60. The van der Waals surface area contributed by atoms with Crippen LogP contribution in [0.2, 0.25) is 0 Å². The molecule has 0 saturated heterocycles. The van der Waals surface area contributed by atoms with Crippen LogP contribution >= 0.6 is 0 Å². The van der Waals surface area contributed by atoms with Crippen molar-refractivity contribution in [3.63, 3.8) is 0 Å². The smallest absolute Gasteiger partial charge is 0.444 e.